The van der Waals surface area contributed by atoms with Crippen molar-refractivity contribution < 1.29 is 8.42 Å². The maximum absolute atomic E-state index is 12.2. The summed E-state index contributed by atoms with van der Waals surface area (Å²) < 4.78 is 27.0. The van der Waals surface area contributed by atoms with Crippen molar-refractivity contribution in [3.05, 3.63) is 69.7 Å². The first kappa shape index (κ1) is 16.3. The maximum Gasteiger partial charge on any atom is 0.216 e. The molecule has 0 amide bonds. The molecule has 1 atom stereocenters. The molecule has 1 unspecified atom stereocenters. The van der Waals surface area contributed by atoms with Crippen molar-refractivity contribution in [3.63, 3.8) is 0 Å². The van der Waals surface area contributed by atoms with E-state index >= 15 is 0 Å². The van der Waals surface area contributed by atoms with Gasteiger partial charge in [-0.3, -0.25) is 0 Å². The highest BCUT2D eigenvalue weighted by Crippen LogP contribution is 2.23. The summed E-state index contributed by atoms with van der Waals surface area (Å²) in [6.07, 6.45) is 0. The summed E-state index contributed by atoms with van der Waals surface area (Å²) in [5.74, 6) is -0.138. The summed E-state index contributed by atoms with van der Waals surface area (Å²) in [4.78, 5) is 0. The van der Waals surface area contributed by atoms with Crippen LogP contribution in [0.25, 0.3) is 0 Å². The van der Waals surface area contributed by atoms with Gasteiger partial charge in [-0.05, 0) is 30.2 Å². The standard InChI is InChI=1S/C15H15Cl2NO2S/c1-11(13-5-3-2-4-6-13)18-21(19,20)10-12-7-8-14(16)15(17)9-12/h2-9,11,18H,10H2,1H3. The van der Waals surface area contributed by atoms with Gasteiger partial charge in [0.1, 0.15) is 0 Å². The Morgan fingerprint density at radius 1 is 1.05 bits per heavy atom. The number of sulfonamides is 1. The number of hydrogen-bond acceptors (Lipinski definition) is 2. The van der Waals surface area contributed by atoms with E-state index in [2.05, 4.69) is 4.72 Å². The molecule has 0 aliphatic carbocycles. The fraction of sp³-hybridized carbons (Fsp3) is 0.200. The van der Waals surface area contributed by atoms with E-state index < -0.39 is 10.0 Å². The average Bonchev–Trinajstić information content (AvgIpc) is 2.43. The quantitative estimate of drug-likeness (QED) is 0.885. The third-order valence-electron chi connectivity index (χ3n) is 3.00. The molecule has 0 aromatic heterocycles. The summed E-state index contributed by atoms with van der Waals surface area (Å²) in [6, 6.07) is 13.9. The Balaban J connectivity index is 2.10. The highest BCUT2D eigenvalue weighted by Gasteiger charge is 2.16. The van der Waals surface area contributed by atoms with Gasteiger partial charge in [0.25, 0.3) is 0 Å². The predicted molar refractivity (Wildman–Crippen MR) is 87.1 cm³/mol. The highest BCUT2D eigenvalue weighted by atomic mass is 35.5. The average molecular weight is 344 g/mol. The molecule has 3 nitrogen and oxygen atoms in total. The molecule has 2 aromatic carbocycles. The van der Waals surface area contributed by atoms with Crippen LogP contribution in [-0.4, -0.2) is 8.42 Å². The van der Waals surface area contributed by atoms with Crippen LogP contribution < -0.4 is 4.72 Å². The molecule has 1 N–H and O–H groups in total. The Morgan fingerprint density at radius 2 is 1.71 bits per heavy atom. The molecule has 0 saturated carbocycles. The monoisotopic (exact) mass is 343 g/mol. The van der Waals surface area contributed by atoms with Crippen molar-refractivity contribution in [1.82, 2.24) is 4.72 Å². The topological polar surface area (TPSA) is 46.2 Å². The van der Waals surface area contributed by atoms with E-state index in [-0.39, 0.29) is 11.8 Å². The van der Waals surface area contributed by atoms with E-state index in [0.29, 0.717) is 15.6 Å². The Kier molecular flexibility index (Phi) is 5.27. The third kappa shape index (κ3) is 4.71. The van der Waals surface area contributed by atoms with E-state index in [0.717, 1.165) is 5.56 Å². The van der Waals surface area contributed by atoms with Gasteiger partial charge in [-0.1, -0.05) is 59.6 Å². The first-order valence-electron chi connectivity index (χ1n) is 6.36. The summed E-state index contributed by atoms with van der Waals surface area (Å²) in [5, 5.41) is 0.754. The molecule has 2 aromatic rings. The van der Waals surface area contributed by atoms with E-state index in [1.54, 1.807) is 18.2 Å². The summed E-state index contributed by atoms with van der Waals surface area (Å²) in [7, 11) is -3.46. The second kappa shape index (κ2) is 6.79. The fourth-order valence-electron chi connectivity index (χ4n) is 1.97. The Labute approximate surface area is 135 Å². The van der Waals surface area contributed by atoms with Gasteiger partial charge in [-0.25, -0.2) is 13.1 Å². The molecule has 0 fully saturated rings. The van der Waals surface area contributed by atoms with Crippen molar-refractivity contribution in [3.8, 4) is 0 Å². The van der Waals surface area contributed by atoms with Crippen LogP contribution in [0, 0.1) is 0 Å². The minimum atomic E-state index is -3.46. The van der Waals surface area contributed by atoms with Gasteiger partial charge in [-0.2, -0.15) is 0 Å². The summed E-state index contributed by atoms with van der Waals surface area (Å²) in [5.41, 5.74) is 1.51. The number of nitrogens with one attached hydrogen (secondary N) is 1. The van der Waals surface area contributed by atoms with Gasteiger partial charge in [-0.15, -0.1) is 0 Å². The minimum Gasteiger partial charge on any atom is -0.212 e. The van der Waals surface area contributed by atoms with Crippen molar-refractivity contribution in [2.45, 2.75) is 18.7 Å². The van der Waals surface area contributed by atoms with Crippen LogP contribution in [0.1, 0.15) is 24.1 Å². The summed E-state index contributed by atoms with van der Waals surface area (Å²) >= 11 is 11.7. The van der Waals surface area contributed by atoms with Crippen molar-refractivity contribution in [1.29, 1.82) is 0 Å². The smallest absolute Gasteiger partial charge is 0.212 e. The van der Waals surface area contributed by atoms with Crippen LogP contribution in [0.2, 0.25) is 10.0 Å². The normalized spacial score (nSPS) is 13.1. The molecule has 21 heavy (non-hydrogen) atoms. The van der Waals surface area contributed by atoms with Gasteiger partial charge in [0.15, 0.2) is 0 Å². The van der Waals surface area contributed by atoms with Crippen LogP contribution in [0.5, 0.6) is 0 Å². The van der Waals surface area contributed by atoms with E-state index in [1.165, 1.54) is 0 Å². The lowest BCUT2D eigenvalue weighted by Crippen LogP contribution is -2.28. The minimum absolute atomic E-state index is 0.138. The molecule has 2 rings (SSSR count). The van der Waals surface area contributed by atoms with Gasteiger partial charge < -0.3 is 0 Å². The third-order valence-corrected chi connectivity index (χ3v) is 5.16. The summed E-state index contributed by atoms with van der Waals surface area (Å²) in [6.45, 7) is 1.81. The second-order valence-electron chi connectivity index (χ2n) is 4.76. The zero-order valence-electron chi connectivity index (χ0n) is 11.4. The Hall–Kier alpha value is -1.07. The Bertz CT molecular complexity index is 718. The van der Waals surface area contributed by atoms with Crippen molar-refractivity contribution in [2.24, 2.45) is 0 Å². The lowest BCUT2D eigenvalue weighted by Gasteiger charge is -2.14. The fourth-order valence-corrected chi connectivity index (χ4v) is 3.67. The van der Waals surface area contributed by atoms with Crippen molar-refractivity contribution >= 4 is 33.2 Å². The van der Waals surface area contributed by atoms with Crippen LogP contribution in [0.3, 0.4) is 0 Å². The van der Waals surface area contributed by atoms with Gasteiger partial charge in [0, 0.05) is 6.04 Å². The molecule has 0 spiro atoms. The number of rotatable bonds is 5. The van der Waals surface area contributed by atoms with Gasteiger partial charge >= 0.3 is 0 Å². The van der Waals surface area contributed by atoms with Crippen LogP contribution in [-0.2, 0) is 15.8 Å². The second-order valence-corrected chi connectivity index (χ2v) is 7.33. The first-order valence-corrected chi connectivity index (χ1v) is 8.77. The highest BCUT2D eigenvalue weighted by molar-refractivity contribution is 7.88. The predicted octanol–water partition coefficient (Wildman–Crippen LogP) is 4.17. The van der Waals surface area contributed by atoms with Crippen LogP contribution in [0.4, 0.5) is 0 Å². The molecule has 0 heterocycles. The molecule has 0 bridgehead atoms. The number of benzene rings is 2. The van der Waals surface area contributed by atoms with Gasteiger partial charge in [0.2, 0.25) is 10.0 Å². The van der Waals surface area contributed by atoms with Crippen LogP contribution in [0.15, 0.2) is 48.5 Å². The molecule has 0 aliphatic rings. The largest absolute Gasteiger partial charge is 0.216 e. The van der Waals surface area contributed by atoms with E-state index in [9.17, 15) is 8.42 Å². The van der Waals surface area contributed by atoms with Gasteiger partial charge in [0.05, 0.1) is 15.8 Å². The molecule has 0 aliphatic heterocycles. The first-order chi connectivity index (χ1) is 9.87. The molecule has 0 radical (unpaired) electrons. The lowest BCUT2D eigenvalue weighted by molar-refractivity contribution is 0.566. The number of halogens is 2. The van der Waals surface area contributed by atoms with E-state index in [1.807, 2.05) is 37.3 Å². The van der Waals surface area contributed by atoms with Crippen LogP contribution >= 0.6 is 23.2 Å². The van der Waals surface area contributed by atoms with Crippen molar-refractivity contribution in [2.75, 3.05) is 0 Å². The molecular weight excluding hydrogens is 329 g/mol. The van der Waals surface area contributed by atoms with E-state index in [4.69, 9.17) is 23.2 Å². The molecular formula is C15H15Cl2NO2S. The maximum atomic E-state index is 12.2. The lowest BCUT2D eigenvalue weighted by atomic mass is 10.1. The molecule has 0 saturated heterocycles. The Morgan fingerprint density at radius 3 is 2.33 bits per heavy atom. The molecule has 112 valence electrons. The zero-order chi connectivity index (χ0) is 15.5. The number of hydrogen-bond donors (Lipinski definition) is 1. The zero-order valence-corrected chi connectivity index (χ0v) is 13.7. The SMILES string of the molecule is CC(NS(=O)(=O)Cc1ccc(Cl)c(Cl)c1)c1ccccc1. The molecule has 6 heteroatoms.